The van der Waals surface area contributed by atoms with E-state index in [0.29, 0.717) is 17.5 Å². The fourth-order valence-corrected chi connectivity index (χ4v) is 1.30. The Hall–Kier alpha value is -0.470. The van der Waals surface area contributed by atoms with Gasteiger partial charge in [-0.15, -0.1) is 0 Å². The van der Waals surface area contributed by atoms with Gasteiger partial charge in [0.1, 0.15) is 11.5 Å². The van der Waals surface area contributed by atoms with Crippen LogP contribution in [0.15, 0.2) is 10.5 Å². The minimum absolute atomic E-state index is 0.322. The first-order chi connectivity index (χ1) is 5.15. The molecule has 2 N–H and O–H groups in total. The third kappa shape index (κ3) is 1.76. The molecule has 0 aliphatic heterocycles. The van der Waals surface area contributed by atoms with Gasteiger partial charge in [-0.1, -0.05) is 25.4 Å². The average molecular weight is 174 g/mol. The molecule has 0 unspecified atom stereocenters. The van der Waals surface area contributed by atoms with E-state index in [1.807, 2.05) is 13.8 Å². The van der Waals surface area contributed by atoms with Crippen LogP contribution >= 0.6 is 11.6 Å². The van der Waals surface area contributed by atoms with Crippen LogP contribution in [0.4, 0.5) is 0 Å². The van der Waals surface area contributed by atoms with Gasteiger partial charge in [0.2, 0.25) is 0 Å². The standard InChI is InChI=1S/C8H12ClNO/c1-5(2)8-7(9)3-6(4-10)11-8/h3,5H,4,10H2,1-2H3. The lowest BCUT2D eigenvalue weighted by Gasteiger charge is -1.98. The molecule has 0 saturated heterocycles. The van der Waals surface area contributed by atoms with Crippen molar-refractivity contribution in [2.45, 2.75) is 26.3 Å². The molecule has 0 aliphatic rings. The fraction of sp³-hybridized carbons (Fsp3) is 0.500. The van der Waals surface area contributed by atoms with Crippen molar-refractivity contribution in [2.24, 2.45) is 5.73 Å². The summed E-state index contributed by atoms with van der Waals surface area (Å²) >= 11 is 5.87. The molecule has 1 heterocycles. The molecule has 0 atom stereocenters. The topological polar surface area (TPSA) is 39.2 Å². The summed E-state index contributed by atoms with van der Waals surface area (Å²) < 4.78 is 5.37. The summed E-state index contributed by atoms with van der Waals surface area (Å²) in [6.07, 6.45) is 0. The van der Waals surface area contributed by atoms with Crippen molar-refractivity contribution in [1.82, 2.24) is 0 Å². The second kappa shape index (κ2) is 3.28. The molecule has 0 radical (unpaired) electrons. The largest absolute Gasteiger partial charge is 0.463 e. The molecule has 11 heavy (non-hydrogen) atoms. The zero-order chi connectivity index (χ0) is 8.43. The number of hydrogen-bond donors (Lipinski definition) is 1. The van der Waals surface area contributed by atoms with Gasteiger partial charge < -0.3 is 10.2 Å². The number of halogens is 1. The van der Waals surface area contributed by atoms with Crippen LogP contribution in [0.1, 0.15) is 31.3 Å². The maximum Gasteiger partial charge on any atom is 0.125 e. The highest BCUT2D eigenvalue weighted by Crippen LogP contribution is 2.27. The van der Waals surface area contributed by atoms with Gasteiger partial charge in [0.15, 0.2) is 0 Å². The van der Waals surface area contributed by atoms with Crippen molar-refractivity contribution in [1.29, 1.82) is 0 Å². The molecule has 62 valence electrons. The summed E-state index contributed by atoms with van der Waals surface area (Å²) in [6.45, 7) is 4.47. The maximum absolute atomic E-state index is 5.87. The second-order valence-electron chi connectivity index (χ2n) is 2.78. The van der Waals surface area contributed by atoms with Gasteiger partial charge >= 0.3 is 0 Å². The van der Waals surface area contributed by atoms with Crippen LogP contribution in [-0.4, -0.2) is 0 Å². The molecular formula is C8H12ClNO. The van der Waals surface area contributed by atoms with Gasteiger partial charge in [0.25, 0.3) is 0 Å². The van der Waals surface area contributed by atoms with Crippen molar-refractivity contribution in [3.63, 3.8) is 0 Å². The summed E-state index contributed by atoms with van der Waals surface area (Å²) in [5, 5.41) is 0.681. The second-order valence-corrected chi connectivity index (χ2v) is 3.19. The summed E-state index contributed by atoms with van der Waals surface area (Å²) in [5.41, 5.74) is 5.38. The van der Waals surface area contributed by atoms with Crippen LogP contribution in [0, 0.1) is 0 Å². The maximum atomic E-state index is 5.87. The molecule has 0 fully saturated rings. The van der Waals surface area contributed by atoms with E-state index in [4.69, 9.17) is 21.8 Å². The first-order valence-corrected chi connectivity index (χ1v) is 4.01. The summed E-state index contributed by atoms with van der Waals surface area (Å²) in [5.74, 6) is 1.90. The molecule has 0 saturated carbocycles. The van der Waals surface area contributed by atoms with Crippen LogP contribution in [0.2, 0.25) is 5.02 Å². The number of nitrogens with two attached hydrogens (primary N) is 1. The summed E-state index contributed by atoms with van der Waals surface area (Å²) in [4.78, 5) is 0. The van der Waals surface area contributed by atoms with E-state index in [1.165, 1.54) is 0 Å². The summed E-state index contributed by atoms with van der Waals surface area (Å²) in [6, 6.07) is 1.77. The lowest BCUT2D eigenvalue weighted by atomic mass is 10.2. The number of rotatable bonds is 2. The minimum atomic E-state index is 0.322. The van der Waals surface area contributed by atoms with E-state index >= 15 is 0 Å². The zero-order valence-corrected chi connectivity index (χ0v) is 7.48. The molecule has 1 aromatic rings. The Labute approximate surface area is 71.3 Å². The molecule has 0 aliphatic carbocycles. The minimum Gasteiger partial charge on any atom is -0.463 e. The van der Waals surface area contributed by atoms with E-state index in [0.717, 1.165) is 11.5 Å². The highest BCUT2D eigenvalue weighted by Gasteiger charge is 2.10. The van der Waals surface area contributed by atoms with Gasteiger partial charge in [-0.2, -0.15) is 0 Å². The predicted octanol–water partition coefficient (Wildman–Crippen LogP) is 2.52. The fourth-order valence-electron chi connectivity index (χ4n) is 0.926. The van der Waals surface area contributed by atoms with Crippen molar-refractivity contribution in [2.75, 3.05) is 0 Å². The lowest BCUT2D eigenvalue weighted by molar-refractivity contribution is 0.449. The van der Waals surface area contributed by atoms with Crippen molar-refractivity contribution >= 4 is 11.6 Å². The normalized spacial score (nSPS) is 11.0. The van der Waals surface area contributed by atoms with Crippen molar-refractivity contribution < 1.29 is 4.42 Å². The Morgan fingerprint density at radius 2 is 2.27 bits per heavy atom. The van der Waals surface area contributed by atoms with Gasteiger partial charge in [-0.05, 0) is 6.07 Å². The third-order valence-corrected chi connectivity index (χ3v) is 1.79. The van der Waals surface area contributed by atoms with Crippen LogP contribution in [-0.2, 0) is 6.54 Å². The number of hydrogen-bond acceptors (Lipinski definition) is 2. The highest BCUT2D eigenvalue weighted by atomic mass is 35.5. The van der Waals surface area contributed by atoms with Crippen LogP contribution < -0.4 is 5.73 Å². The average Bonchev–Trinajstić information content (AvgIpc) is 2.30. The van der Waals surface area contributed by atoms with E-state index in [1.54, 1.807) is 6.07 Å². The zero-order valence-electron chi connectivity index (χ0n) is 6.73. The van der Waals surface area contributed by atoms with Gasteiger partial charge in [-0.3, -0.25) is 0 Å². The Kier molecular flexibility index (Phi) is 2.58. The highest BCUT2D eigenvalue weighted by molar-refractivity contribution is 6.31. The van der Waals surface area contributed by atoms with E-state index in [9.17, 15) is 0 Å². The van der Waals surface area contributed by atoms with Crippen molar-refractivity contribution in [3.05, 3.63) is 22.6 Å². The smallest absolute Gasteiger partial charge is 0.125 e. The molecule has 0 aromatic carbocycles. The Balaban J connectivity index is 2.97. The molecule has 1 aromatic heterocycles. The van der Waals surface area contributed by atoms with Crippen LogP contribution in [0.5, 0.6) is 0 Å². The SMILES string of the molecule is CC(C)c1oc(CN)cc1Cl. The molecule has 1 rings (SSSR count). The van der Waals surface area contributed by atoms with E-state index in [2.05, 4.69) is 0 Å². The van der Waals surface area contributed by atoms with Crippen LogP contribution in [0.3, 0.4) is 0 Å². The molecule has 0 bridgehead atoms. The number of furan rings is 1. The lowest BCUT2D eigenvalue weighted by Crippen LogP contribution is -1.93. The first-order valence-electron chi connectivity index (χ1n) is 3.63. The van der Waals surface area contributed by atoms with Gasteiger partial charge in [0, 0.05) is 5.92 Å². The Bertz CT molecular complexity index is 242. The van der Waals surface area contributed by atoms with Crippen LogP contribution in [0.25, 0.3) is 0 Å². The van der Waals surface area contributed by atoms with Gasteiger partial charge in [0.05, 0.1) is 11.6 Å². The molecule has 2 nitrogen and oxygen atoms in total. The molecule has 0 spiro atoms. The molecular weight excluding hydrogens is 162 g/mol. The monoisotopic (exact) mass is 173 g/mol. The Morgan fingerprint density at radius 1 is 1.64 bits per heavy atom. The summed E-state index contributed by atoms with van der Waals surface area (Å²) in [7, 11) is 0. The van der Waals surface area contributed by atoms with Crippen molar-refractivity contribution in [3.8, 4) is 0 Å². The quantitative estimate of drug-likeness (QED) is 0.747. The van der Waals surface area contributed by atoms with E-state index < -0.39 is 0 Å². The Morgan fingerprint density at radius 3 is 2.55 bits per heavy atom. The molecule has 0 amide bonds. The molecule has 3 heteroatoms. The van der Waals surface area contributed by atoms with E-state index in [-0.39, 0.29) is 0 Å². The first kappa shape index (κ1) is 8.62. The third-order valence-electron chi connectivity index (χ3n) is 1.49. The van der Waals surface area contributed by atoms with Gasteiger partial charge in [-0.25, -0.2) is 0 Å². The predicted molar refractivity (Wildman–Crippen MR) is 45.7 cm³/mol.